The van der Waals surface area contributed by atoms with E-state index in [0.29, 0.717) is 0 Å². The molecule has 0 radical (unpaired) electrons. The maximum atomic E-state index is 8.84. The fourth-order valence-electron chi connectivity index (χ4n) is 0.769. The molecule has 12 heavy (non-hydrogen) atoms. The third-order valence-electron chi connectivity index (χ3n) is 1.34. The molecular weight excluding hydrogens is 242 g/mol. The van der Waals surface area contributed by atoms with Gasteiger partial charge in [0, 0.05) is 4.91 Å². The molecule has 0 aliphatic rings. The largest absolute Gasteiger partial charge is 0.396 e. The Morgan fingerprint density at radius 2 is 2.58 bits per heavy atom. The van der Waals surface area contributed by atoms with E-state index in [-0.39, 0.29) is 6.61 Å². The SMILES string of the molecule is [N-]=[N+]=NC(CO)c1csc(Br)c1. The van der Waals surface area contributed by atoms with Crippen LogP contribution in [0.25, 0.3) is 10.4 Å². The van der Waals surface area contributed by atoms with E-state index in [9.17, 15) is 0 Å². The van der Waals surface area contributed by atoms with Gasteiger partial charge in [0.25, 0.3) is 0 Å². The first-order chi connectivity index (χ1) is 5.77. The molecule has 1 unspecified atom stereocenters. The third kappa shape index (κ3) is 2.22. The lowest BCUT2D eigenvalue weighted by Gasteiger charge is -2.02. The van der Waals surface area contributed by atoms with Crippen molar-refractivity contribution in [2.75, 3.05) is 6.61 Å². The highest BCUT2D eigenvalue weighted by Crippen LogP contribution is 2.27. The number of azide groups is 1. The van der Waals surface area contributed by atoms with Crippen molar-refractivity contribution in [1.29, 1.82) is 0 Å². The maximum absolute atomic E-state index is 8.84. The first kappa shape index (κ1) is 9.54. The molecule has 0 aliphatic carbocycles. The number of rotatable bonds is 3. The van der Waals surface area contributed by atoms with Gasteiger partial charge in [-0.1, -0.05) is 5.11 Å². The highest BCUT2D eigenvalue weighted by molar-refractivity contribution is 9.11. The Morgan fingerprint density at radius 1 is 1.83 bits per heavy atom. The minimum atomic E-state index is -0.461. The summed E-state index contributed by atoms with van der Waals surface area (Å²) in [6.45, 7) is -0.159. The van der Waals surface area contributed by atoms with Gasteiger partial charge >= 0.3 is 0 Å². The Kier molecular flexibility index (Phi) is 3.55. The van der Waals surface area contributed by atoms with Crippen LogP contribution in [0, 0.1) is 0 Å². The molecule has 1 aromatic heterocycles. The number of hydrogen-bond donors (Lipinski definition) is 1. The summed E-state index contributed by atoms with van der Waals surface area (Å²) < 4.78 is 0.962. The molecule has 0 fully saturated rings. The van der Waals surface area contributed by atoms with Crippen LogP contribution in [0.4, 0.5) is 0 Å². The molecule has 0 saturated heterocycles. The number of nitrogens with zero attached hydrogens (tertiary/aromatic N) is 3. The molecule has 1 aromatic rings. The van der Waals surface area contributed by atoms with E-state index in [0.717, 1.165) is 9.35 Å². The zero-order chi connectivity index (χ0) is 8.97. The van der Waals surface area contributed by atoms with Gasteiger partial charge < -0.3 is 5.11 Å². The van der Waals surface area contributed by atoms with Crippen LogP contribution in [0.15, 0.2) is 20.3 Å². The van der Waals surface area contributed by atoms with Crippen molar-refractivity contribution in [1.82, 2.24) is 0 Å². The van der Waals surface area contributed by atoms with Crippen LogP contribution in [0.1, 0.15) is 11.6 Å². The summed E-state index contributed by atoms with van der Waals surface area (Å²) >= 11 is 4.78. The van der Waals surface area contributed by atoms with Gasteiger partial charge in [-0.25, -0.2) is 0 Å². The number of thiophene rings is 1. The van der Waals surface area contributed by atoms with Gasteiger partial charge in [0.05, 0.1) is 16.4 Å². The molecule has 6 heteroatoms. The van der Waals surface area contributed by atoms with Gasteiger partial charge in [0.1, 0.15) is 0 Å². The zero-order valence-electron chi connectivity index (χ0n) is 6.01. The van der Waals surface area contributed by atoms with E-state index in [1.807, 2.05) is 11.4 Å². The molecule has 4 nitrogen and oxygen atoms in total. The highest BCUT2D eigenvalue weighted by Gasteiger charge is 2.09. The van der Waals surface area contributed by atoms with Crippen molar-refractivity contribution in [2.45, 2.75) is 6.04 Å². The van der Waals surface area contributed by atoms with Crippen LogP contribution >= 0.6 is 27.3 Å². The number of aliphatic hydroxyl groups excluding tert-OH is 1. The summed E-state index contributed by atoms with van der Waals surface area (Å²) in [5, 5.41) is 14.1. The van der Waals surface area contributed by atoms with E-state index in [2.05, 4.69) is 26.0 Å². The molecule has 0 saturated carbocycles. The van der Waals surface area contributed by atoms with Crippen LogP contribution in [0.2, 0.25) is 0 Å². The lowest BCUT2D eigenvalue weighted by atomic mass is 10.2. The molecule has 0 amide bonds. The van der Waals surface area contributed by atoms with Crippen molar-refractivity contribution in [3.8, 4) is 0 Å². The van der Waals surface area contributed by atoms with Crippen LogP contribution in [-0.2, 0) is 0 Å². The molecular formula is C6H6BrN3OS. The van der Waals surface area contributed by atoms with Crippen LogP contribution in [-0.4, -0.2) is 11.7 Å². The van der Waals surface area contributed by atoms with Crippen LogP contribution in [0.5, 0.6) is 0 Å². The Balaban J connectivity index is 2.86. The second kappa shape index (κ2) is 4.47. The Bertz CT molecular complexity index is 307. The molecule has 0 bridgehead atoms. The summed E-state index contributed by atoms with van der Waals surface area (Å²) in [5.41, 5.74) is 9.01. The predicted molar refractivity (Wildman–Crippen MR) is 51.0 cm³/mol. The lowest BCUT2D eigenvalue weighted by Crippen LogP contribution is -1.97. The monoisotopic (exact) mass is 247 g/mol. The van der Waals surface area contributed by atoms with Gasteiger partial charge in [-0.05, 0) is 38.5 Å². The topological polar surface area (TPSA) is 69.0 Å². The zero-order valence-corrected chi connectivity index (χ0v) is 8.42. The van der Waals surface area contributed by atoms with E-state index in [4.69, 9.17) is 10.6 Å². The molecule has 1 atom stereocenters. The first-order valence-electron chi connectivity index (χ1n) is 3.17. The molecule has 64 valence electrons. The molecule has 0 aliphatic heterocycles. The Hall–Kier alpha value is -0.550. The quantitative estimate of drug-likeness (QED) is 0.498. The average molecular weight is 248 g/mol. The van der Waals surface area contributed by atoms with Crippen molar-refractivity contribution in [3.63, 3.8) is 0 Å². The van der Waals surface area contributed by atoms with Gasteiger partial charge in [-0.3, -0.25) is 0 Å². The fourth-order valence-corrected chi connectivity index (χ4v) is 1.99. The molecule has 1 heterocycles. The van der Waals surface area contributed by atoms with Gasteiger partial charge in [-0.15, -0.1) is 11.3 Å². The van der Waals surface area contributed by atoms with Crippen LogP contribution < -0.4 is 0 Å². The molecule has 1 rings (SSSR count). The fraction of sp³-hybridized carbons (Fsp3) is 0.333. The second-order valence-corrected chi connectivity index (χ2v) is 4.38. The lowest BCUT2D eigenvalue weighted by molar-refractivity contribution is 0.268. The van der Waals surface area contributed by atoms with Gasteiger partial charge in [0.15, 0.2) is 0 Å². The van der Waals surface area contributed by atoms with Crippen molar-refractivity contribution in [3.05, 3.63) is 31.2 Å². The molecule has 0 spiro atoms. The van der Waals surface area contributed by atoms with Gasteiger partial charge in [0.2, 0.25) is 0 Å². The number of aliphatic hydroxyl groups is 1. The summed E-state index contributed by atoms with van der Waals surface area (Å²) in [5.74, 6) is 0. The Labute approximate surface area is 81.6 Å². The minimum absolute atomic E-state index is 0.159. The van der Waals surface area contributed by atoms with E-state index < -0.39 is 6.04 Å². The molecule has 0 aromatic carbocycles. The van der Waals surface area contributed by atoms with E-state index in [1.165, 1.54) is 11.3 Å². The summed E-state index contributed by atoms with van der Waals surface area (Å²) in [7, 11) is 0. The normalized spacial score (nSPS) is 12.2. The Morgan fingerprint density at radius 3 is 3.00 bits per heavy atom. The van der Waals surface area contributed by atoms with Crippen molar-refractivity contribution < 1.29 is 5.11 Å². The summed E-state index contributed by atoms with van der Waals surface area (Å²) in [6, 6.07) is 1.37. The van der Waals surface area contributed by atoms with Crippen molar-refractivity contribution >= 4 is 27.3 Å². The summed E-state index contributed by atoms with van der Waals surface area (Å²) in [6.07, 6.45) is 0. The smallest absolute Gasteiger partial charge is 0.0864 e. The molecule has 1 N–H and O–H groups in total. The third-order valence-corrected chi connectivity index (χ3v) is 2.86. The number of halogens is 1. The van der Waals surface area contributed by atoms with E-state index >= 15 is 0 Å². The predicted octanol–water partition coefficient (Wildman–Crippen LogP) is 2.85. The standard InChI is InChI=1S/C6H6BrN3OS/c7-6-1-4(3-12-6)5(2-11)9-10-8/h1,3,5,11H,2H2. The minimum Gasteiger partial charge on any atom is -0.396 e. The second-order valence-electron chi connectivity index (χ2n) is 2.09. The number of hydrogen-bond acceptors (Lipinski definition) is 3. The van der Waals surface area contributed by atoms with Crippen LogP contribution in [0.3, 0.4) is 0 Å². The van der Waals surface area contributed by atoms with Gasteiger partial charge in [-0.2, -0.15) is 0 Å². The van der Waals surface area contributed by atoms with Crippen molar-refractivity contribution in [2.24, 2.45) is 5.11 Å². The average Bonchev–Trinajstić information content (AvgIpc) is 2.47. The van der Waals surface area contributed by atoms with E-state index in [1.54, 1.807) is 0 Å². The summed E-state index contributed by atoms with van der Waals surface area (Å²) in [4.78, 5) is 2.65. The maximum Gasteiger partial charge on any atom is 0.0864 e. The highest BCUT2D eigenvalue weighted by atomic mass is 79.9. The first-order valence-corrected chi connectivity index (χ1v) is 4.84.